The minimum atomic E-state index is -0.424. The summed E-state index contributed by atoms with van der Waals surface area (Å²) in [6.07, 6.45) is 2.60. The first-order valence-electron chi connectivity index (χ1n) is 7.72. The predicted molar refractivity (Wildman–Crippen MR) is 80.6 cm³/mol. The average molecular weight is 286 g/mol. The Morgan fingerprint density at radius 3 is 2.43 bits per heavy atom. The van der Waals surface area contributed by atoms with E-state index in [9.17, 15) is 9.59 Å². The summed E-state index contributed by atoms with van der Waals surface area (Å²) in [5, 5.41) is 2.88. The Labute approximate surface area is 125 Å². The van der Waals surface area contributed by atoms with Crippen LogP contribution in [0, 0.1) is 5.92 Å². The van der Waals surface area contributed by atoms with Crippen LogP contribution < -0.4 is 5.32 Å². The summed E-state index contributed by atoms with van der Waals surface area (Å²) < 4.78 is 0. The first kappa shape index (κ1) is 14.1. The largest absolute Gasteiger partial charge is 0.342 e. The van der Waals surface area contributed by atoms with Crippen LogP contribution >= 0.6 is 0 Å². The normalized spacial score (nSPS) is 32.6. The van der Waals surface area contributed by atoms with E-state index in [1.54, 1.807) is 0 Å². The highest BCUT2D eigenvalue weighted by Gasteiger charge is 2.44. The van der Waals surface area contributed by atoms with E-state index in [2.05, 4.69) is 12.2 Å². The lowest BCUT2D eigenvalue weighted by Crippen LogP contribution is -2.67. The van der Waals surface area contributed by atoms with Crippen molar-refractivity contribution in [3.63, 3.8) is 0 Å². The van der Waals surface area contributed by atoms with Gasteiger partial charge in [0.25, 0.3) is 0 Å². The first-order chi connectivity index (χ1) is 10.1. The Morgan fingerprint density at radius 1 is 1.14 bits per heavy atom. The van der Waals surface area contributed by atoms with E-state index in [-0.39, 0.29) is 23.9 Å². The molecule has 1 aliphatic carbocycles. The summed E-state index contributed by atoms with van der Waals surface area (Å²) in [6, 6.07) is 9.33. The zero-order valence-electron chi connectivity index (χ0n) is 12.6. The van der Waals surface area contributed by atoms with E-state index in [1.807, 2.05) is 42.2 Å². The molecule has 1 aliphatic heterocycles. The molecule has 4 heteroatoms. The number of carbonyl (C=O) groups excluding carboxylic acids is 2. The maximum atomic E-state index is 12.7. The average Bonchev–Trinajstić information content (AvgIpc) is 2.44. The van der Waals surface area contributed by atoms with E-state index in [4.69, 9.17) is 0 Å². The van der Waals surface area contributed by atoms with E-state index < -0.39 is 6.04 Å². The molecule has 2 atom stereocenters. The monoisotopic (exact) mass is 286 g/mol. The molecule has 1 heterocycles. The number of hydrogen-bond acceptors (Lipinski definition) is 2. The Hall–Kier alpha value is -1.84. The smallest absolute Gasteiger partial charge is 0.246 e. The quantitative estimate of drug-likeness (QED) is 0.920. The highest BCUT2D eigenvalue weighted by molar-refractivity contribution is 5.97. The third kappa shape index (κ3) is 2.67. The number of nitrogens with one attached hydrogen (secondary N) is 1. The van der Waals surface area contributed by atoms with Crippen molar-refractivity contribution in [3.05, 3.63) is 35.9 Å². The van der Waals surface area contributed by atoms with Crippen LogP contribution in [0.5, 0.6) is 0 Å². The van der Waals surface area contributed by atoms with Gasteiger partial charge in [0.15, 0.2) is 0 Å². The first-order valence-corrected chi connectivity index (χ1v) is 7.72. The fraction of sp³-hybridized carbons (Fsp3) is 0.529. The van der Waals surface area contributed by atoms with Crippen LogP contribution in [0.2, 0.25) is 0 Å². The molecule has 2 aliphatic rings. The number of rotatable bonds is 3. The predicted octanol–water partition coefficient (Wildman–Crippen LogP) is 1.74. The summed E-state index contributed by atoms with van der Waals surface area (Å²) in [5.41, 5.74) is 1.08. The molecule has 2 fully saturated rings. The molecule has 0 radical (unpaired) electrons. The van der Waals surface area contributed by atoms with Gasteiger partial charge in [-0.05, 0) is 31.2 Å². The fourth-order valence-electron chi connectivity index (χ4n) is 3.42. The van der Waals surface area contributed by atoms with E-state index in [0.717, 1.165) is 18.4 Å². The Morgan fingerprint density at radius 2 is 1.81 bits per heavy atom. The van der Waals surface area contributed by atoms with Crippen LogP contribution in [-0.2, 0) is 16.0 Å². The molecule has 1 saturated carbocycles. The van der Waals surface area contributed by atoms with Crippen LogP contribution in [0.4, 0.5) is 0 Å². The van der Waals surface area contributed by atoms with Crippen LogP contribution in [0.1, 0.15) is 32.3 Å². The van der Waals surface area contributed by atoms with E-state index >= 15 is 0 Å². The molecule has 112 valence electrons. The highest BCUT2D eigenvalue weighted by Crippen LogP contribution is 2.34. The molecule has 2 unspecified atom stereocenters. The molecule has 0 bridgehead atoms. The molecule has 1 N–H and O–H groups in total. The molecule has 2 amide bonds. The summed E-state index contributed by atoms with van der Waals surface area (Å²) in [5.74, 6) is 0.700. The van der Waals surface area contributed by atoms with Crippen molar-refractivity contribution in [2.75, 3.05) is 0 Å². The zero-order chi connectivity index (χ0) is 15.0. The van der Waals surface area contributed by atoms with E-state index in [1.165, 1.54) is 0 Å². The molecular weight excluding hydrogens is 264 g/mol. The van der Waals surface area contributed by atoms with Gasteiger partial charge in [-0.2, -0.15) is 0 Å². The molecule has 1 aromatic carbocycles. The molecule has 1 saturated heterocycles. The third-order valence-electron chi connectivity index (χ3n) is 4.69. The van der Waals surface area contributed by atoms with Gasteiger partial charge in [-0.15, -0.1) is 0 Å². The third-order valence-corrected chi connectivity index (χ3v) is 4.69. The van der Waals surface area contributed by atoms with Crippen molar-refractivity contribution < 1.29 is 9.59 Å². The minimum Gasteiger partial charge on any atom is -0.342 e. The second-order valence-corrected chi connectivity index (χ2v) is 6.40. The van der Waals surface area contributed by atoms with Crippen LogP contribution in [-0.4, -0.2) is 34.8 Å². The van der Waals surface area contributed by atoms with Crippen molar-refractivity contribution in [1.29, 1.82) is 0 Å². The maximum Gasteiger partial charge on any atom is 0.246 e. The minimum absolute atomic E-state index is 0.0323. The van der Waals surface area contributed by atoms with Crippen LogP contribution in [0.15, 0.2) is 30.3 Å². The second kappa shape index (κ2) is 5.51. The summed E-state index contributed by atoms with van der Waals surface area (Å²) >= 11 is 0. The lowest BCUT2D eigenvalue weighted by Gasteiger charge is -2.47. The van der Waals surface area contributed by atoms with Gasteiger partial charge in [0.2, 0.25) is 11.8 Å². The lowest BCUT2D eigenvalue weighted by molar-refractivity contribution is -0.154. The maximum absolute atomic E-state index is 12.7. The van der Waals surface area contributed by atoms with Gasteiger partial charge in [0, 0.05) is 12.5 Å². The molecule has 4 nitrogen and oxygen atoms in total. The lowest BCUT2D eigenvalue weighted by atomic mass is 9.79. The Balaban J connectivity index is 1.76. The number of nitrogens with zero attached hydrogens (tertiary/aromatic N) is 1. The summed E-state index contributed by atoms with van der Waals surface area (Å²) in [4.78, 5) is 26.7. The number of carbonyl (C=O) groups is 2. The van der Waals surface area contributed by atoms with Gasteiger partial charge in [-0.1, -0.05) is 37.3 Å². The Bertz CT molecular complexity index is 537. The van der Waals surface area contributed by atoms with Gasteiger partial charge < -0.3 is 10.2 Å². The number of piperazine rings is 1. The van der Waals surface area contributed by atoms with Gasteiger partial charge in [-0.3, -0.25) is 9.59 Å². The van der Waals surface area contributed by atoms with Gasteiger partial charge in [0.1, 0.15) is 12.1 Å². The standard InChI is InChI=1S/C17H22N2O2/c1-11-8-14(9-11)19-12(2)16(20)18-15(17(19)21)10-13-6-4-3-5-7-13/h3-7,11-12,14-15H,8-10H2,1-2H3,(H,18,20). The number of hydrogen-bond donors (Lipinski definition) is 1. The number of amides is 2. The molecule has 1 aromatic rings. The van der Waals surface area contributed by atoms with Gasteiger partial charge >= 0.3 is 0 Å². The molecular formula is C17H22N2O2. The molecule has 0 aromatic heterocycles. The summed E-state index contributed by atoms with van der Waals surface area (Å²) in [7, 11) is 0. The van der Waals surface area contributed by atoms with Crippen molar-refractivity contribution >= 4 is 11.8 Å². The highest BCUT2D eigenvalue weighted by atomic mass is 16.2. The van der Waals surface area contributed by atoms with Crippen LogP contribution in [0.25, 0.3) is 0 Å². The Kier molecular flexibility index (Phi) is 3.70. The topological polar surface area (TPSA) is 49.4 Å². The summed E-state index contributed by atoms with van der Waals surface area (Å²) in [6.45, 7) is 4.02. The van der Waals surface area contributed by atoms with Crippen molar-refractivity contribution in [2.45, 2.75) is 51.2 Å². The van der Waals surface area contributed by atoms with Crippen molar-refractivity contribution in [2.24, 2.45) is 5.92 Å². The molecule has 3 rings (SSSR count). The SMILES string of the molecule is CC1CC(N2C(=O)C(Cc3ccccc3)NC(=O)C2C)C1. The van der Waals surface area contributed by atoms with E-state index in [0.29, 0.717) is 12.3 Å². The second-order valence-electron chi connectivity index (χ2n) is 6.40. The number of benzene rings is 1. The molecule has 0 spiro atoms. The van der Waals surface area contributed by atoms with Crippen molar-refractivity contribution in [1.82, 2.24) is 10.2 Å². The van der Waals surface area contributed by atoms with Gasteiger partial charge in [0.05, 0.1) is 0 Å². The zero-order valence-corrected chi connectivity index (χ0v) is 12.6. The molecule has 21 heavy (non-hydrogen) atoms. The van der Waals surface area contributed by atoms with Crippen LogP contribution in [0.3, 0.4) is 0 Å². The van der Waals surface area contributed by atoms with Gasteiger partial charge in [-0.25, -0.2) is 0 Å². The van der Waals surface area contributed by atoms with Crippen molar-refractivity contribution in [3.8, 4) is 0 Å². The fourth-order valence-corrected chi connectivity index (χ4v) is 3.42.